The van der Waals surface area contributed by atoms with Crippen LogP contribution in [-0.4, -0.2) is 18.1 Å². The fourth-order valence-electron chi connectivity index (χ4n) is 1.92. The van der Waals surface area contributed by atoms with Crippen molar-refractivity contribution in [3.05, 3.63) is 24.0 Å². The minimum Gasteiger partial charge on any atom is -0.360 e. The molecule has 0 aliphatic carbocycles. The Bertz CT molecular complexity index is 276. The van der Waals surface area contributed by atoms with Gasteiger partial charge in [0, 0.05) is 18.7 Å². The summed E-state index contributed by atoms with van der Waals surface area (Å²) >= 11 is 0. The third-order valence-electron chi connectivity index (χ3n) is 2.77. The van der Waals surface area contributed by atoms with Gasteiger partial charge in [-0.05, 0) is 31.5 Å². The summed E-state index contributed by atoms with van der Waals surface area (Å²) in [5.41, 5.74) is 0.0335. The van der Waals surface area contributed by atoms with Crippen molar-refractivity contribution >= 4 is 0 Å². The standard InChI is InChI=1S/C10H14F2N2/c11-10(12,9-4-2-6-14-9)8-3-1-5-13-7-8/h2,4,6,8,13-14H,1,3,5,7H2. The van der Waals surface area contributed by atoms with Gasteiger partial charge in [-0.15, -0.1) is 0 Å². The van der Waals surface area contributed by atoms with Crippen LogP contribution >= 0.6 is 0 Å². The number of H-pyrrole nitrogens is 1. The summed E-state index contributed by atoms with van der Waals surface area (Å²) < 4.78 is 27.6. The Morgan fingerprint density at radius 3 is 2.86 bits per heavy atom. The average molecular weight is 200 g/mol. The van der Waals surface area contributed by atoms with Crippen LogP contribution in [0.15, 0.2) is 18.3 Å². The Balaban J connectivity index is 2.14. The Hall–Kier alpha value is -0.900. The van der Waals surface area contributed by atoms with Crippen LogP contribution < -0.4 is 5.32 Å². The lowest BCUT2D eigenvalue weighted by Crippen LogP contribution is -2.39. The topological polar surface area (TPSA) is 27.8 Å². The number of alkyl halides is 2. The molecule has 1 saturated heterocycles. The zero-order chi connectivity index (χ0) is 10.0. The Kier molecular flexibility index (Phi) is 2.54. The van der Waals surface area contributed by atoms with Crippen molar-refractivity contribution in [2.45, 2.75) is 18.8 Å². The van der Waals surface area contributed by atoms with E-state index >= 15 is 0 Å². The fourth-order valence-corrected chi connectivity index (χ4v) is 1.92. The summed E-state index contributed by atoms with van der Waals surface area (Å²) in [6, 6.07) is 3.06. The van der Waals surface area contributed by atoms with Gasteiger partial charge in [-0.1, -0.05) is 0 Å². The minimum absolute atomic E-state index is 0.0335. The van der Waals surface area contributed by atoms with E-state index in [1.54, 1.807) is 12.3 Å². The van der Waals surface area contributed by atoms with Crippen LogP contribution in [0.25, 0.3) is 0 Å². The highest BCUT2D eigenvalue weighted by Crippen LogP contribution is 2.38. The maximum absolute atomic E-state index is 13.8. The highest BCUT2D eigenvalue weighted by molar-refractivity contribution is 5.12. The molecule has 0 radical (unpaired) electrons. The second-order valence-corrected chi connectivity index (χ2v) is 3.75. The van der Waals surface area contributed by atoms with Crippen LogP contribution in [0, 0.1) is 5.92 Å². The van der Waals surface area contributed by atoms with E-state index < -0.39 is 11.8 Å². The predicted octanol–water partition coefficient (Wildman–Crippen LogP) is 2.11. The first-order chi connectivity index (χ1) is 6.71. The van der Waals surface area contributed by atoms with Crippen molar-refractivity contribution in [2.24, 2.45) is 5.92 Å². The van der Waals surface area contributed by atoms with Crippen molar-refractivity contribution in [1.29, 1.82) is 0 Å². The van der Waals surface area contributed by atoms with Gasteiger partial charge in [0.15, 0.2) is 0 Å². The summed E-state index contributed by atoms with van der Waals surface area (Å²) in [4.78, 5) is 2.60. The number of hydrogen-bond donors (Lipinski definition) is 2. The molecule has 0 saturated carbocycles. The van der Waals surface area contributed by atoms with Gasteiger partial charge in [0.05, 0.1) is 5.69 Å². The van der Waals surface area contributed by atoms with Crippen LogP contribution in [0.2, 0.25) is 0 Å². The molecule has 1 unspecified atom stereocenters. The normalized spacial score (nSPS) is 23.7. The van der Waals surface area contributed by atoms with Crippen LogP contribution in [0.5, 0.6) is 0 Å². The molecular weight excluding hydrogens is 186 g/mol. The van der Waals surface area contributed by atoms with Gasteiger partial charge >= 0.3 is 0 Å². The third-order valence-corrected chi connectivity index (χ3v) is 2.77. The molecule has 4 heteroatoms. The van der Waals surface area contributed by atoms with Crippen molar-refractivity contribution < 1.29 is 8.78 Å². The molecule has 1 aromatic heterocycles. The molecule has 1 aliphatic rings. The lowest BCUT2D eigenvalue weighted by Gasteiger charge is -2.29. The van der Waals surface area contributed by atoms with Gasteiger partial charge in [0.2, 0.25) is 0 Å². The summed E-state index contributed by atoms with van der Waals surface area (Å²) in [6.45, 7) is 1.27. The zero-order valence-electron chi connectivity index (χ0n) is 7.89. The number of rotatable bonds is 2. The number of hydrogen-bond acceptors (Lipinski definition) is 1. The molecule has 1 atom stereocenters. The van der Waals surface area contributed by atoms with Crippen molar-refractivity contribution in [1.82, 2.24) is 10.3 Å². The van der Waals surface area contributed by atoms with E-state index in [0.29, 0.717) is 13.0 Å². The second-order valence-electron chi connectivity index (χ2n) is 3.75. The molecule has 0 bridgehead atoms. The van der Waals surface area contributed by atoms with Crippen LogP contribution in [0.3, 0.4) is 0 Å². The molecule has 1 fully saturated rings. The fraction of sp³-hybridized carbons (Fsp3) is 0.600. The number of halogens is 2. The third kappa shape index (κ3) is 1.66. The van der Waals surface area contributed by atoms with Gasteiger partial charge in [0.1, 0.15) is 0 Å². The zero-order valence-corrected chi connectivity index (χ0v) is 7.89. The van der Waals surface area contributed by atoms with Gasteiger partial charge < -0.3 is 10.3 Å². The summed E-state index contributed by atoms with van der Waals surface area (Å²) in [7, 11) is 0. The van der Waals surface area contributed by atoms with Gasteiger partial charge in [0.25, 0.3) is 5.92 Å². The van der Waals surface area contributed by atoms with Crippen LogP contribution in [0.1, 0.15) is 18.5 Å². The van der Waals surface area contributed by atoms with Crippen molar-refractivity contribution in [3.63, 3.8) is 0 Å². The predicted molar refractivity (Wildman–Crippen MR) is 50.3 cm³/mol. The van der Waals surface area contributed by atoms with E-state index in [2.05, 4.69) is 10.3 Å². The largest absolute Gasteiger partial charge is 0.360 e. The molecule has 2 N–H and O–H groups in total. The van der Waals surface area contributed by atoms with Crippen LogP contribution in [0.4, 0.5) is 8.78 Å². The first-order valence-corrected chi connectivity index (χ1v) is 4.93. The lowest BCUT2D eigenvalue weighted by molar-refractivity contribution is -0.0757. The molecule has 0 amide bonds. The highest BCUT2D eigenvalue weighted by atomic mass is 19.3. The molecule has 2 nitrogen and oxygen atoms in total. The quantitative estimate of drug-likeness (QED) is 0.751. The molecule has 2 rings (SSSR count). The maximum Gasteiger partial charge on any atom is 0.291 e. The average Bonchev–Trinajstić information content (AvgIpc) is 2.72. The van der Waals surface area contributed by atoms with Crippen molar-refractivity contribution in [3.8, 4) is 0 Å². The first-order valence-electron chi connectivity index (χ1n) is 4.93. The van der Waals surface area contributed by atoms with E-state index in [4.69, 9.17) is 0 Å². The van der Waals surface area contributed by atoms with E-state index in [1.807, 2.05) is 0 Å². The summed E-state index contributed by atoms with van der Waals surface area (Å²) in [5, 5.41) is 3.01. The molecule has 78 valence electrons. The van der Waals surface area contributed by atoms with Gasteiger partial charge in [-0.3, -0.25) is 0 Å². The number of piperidine rings is 1. The van der Waals surface area contributed by atoms with Crippen LogP contribution in [-0.2, 0) is 5.92 Å². The van der Waals surface area contributed by atoms with E-state index in [1.165, 1.54) is 6.07 Å². The Morgan fingerprint density at radius 1 is 1.43 bits per heavy atom. The Labute approximate surface area is 81.7 Å². The number of aromatic amines is 1. The molecule has 0 aromatic carbocycles. The smallest absolute Gasteiger partial charge is 0.291 e. The molecule has 1 aliphatic heterocycles. The van der Waals surface area contributed by atoms with E-state index in [-0.39, 0.29) is 5.69 Å². The maximum atomic E-state index is 13.8. The molecule has 14 heavy (non-hydrogen) atoms. The molecular formula is C10H14F2N2. The summed E-state index contributed by atoms with van der Waals surface area (Å²) in [6.07, 6.45) is 2.97. The highest BCUT2D eigenvalue weighted by Gasteiger charge is 2.42. The second kappa shape index (κ2) is 3.69. The summed E-state index contributed by atoms with van der Waals surface area (Å²) in [5.74, 6) is -3.30. The number of aromatic nitrogens is 1. The monoisotopic (exact) mass is 200 g/mol. The van der Waals surface area contributed by atoms with Crippen molar-refractivity contribution in [2.75, 3.05) is 13.1 Å². The number of nitrogens with one attached hydrogen (secondary N) is 2. The minimum atomic E-state index is -2.73. The van der Waals surface area contributed by atoms with Gasteiger partial charge in [-0.25, -0.2) is 0 Å². The lowest BCUT2D eigenvalue weighted by atomic mass is 9.91. The van der Waals surface area contributed by atoms with E-state index in [0.717, 1.165) is 13.0 Å². The molecule has 1 aromatic rings. The molecule has 2 heterocycles. The Morgan fingerprint density at radius 2 is 2.29 bits per heavy atom. The first kappa shape index (κ1) is 9.65. The molecule has 0 spiro atoms. The SMILES string of the molecule is FC(F)(c1ccc[nH]1)C1CCCNC1. The van der Waals surface area contributed by atoms with Gasteiger partial charge in [-0.2, -0.15) is 8.78 Å². The van der Waals surface area contributed by atoms with E-state index in [9.17, 15) is 8.78 Å².